The van der Waals surface area contributed by atoms with Crippen molar-refractivity contribution >= 4 is 11.8 Å². The smallest absolute Gasteiger partial charge is 0.319 e. The SMILES string of the molecule is CC1=C(CCCOC(=O)CN)C2=C(C)C3(CC3)[C@H](C)C(=O)C2=C1. The summed E-state index contributed by atoms with van der Waals surface area (Å²) in [5.74, 6) is 0.0390. The van der Waals surface area contributed by atoms with E-state index in [9.17, 15) is 9.59 Å². The molecular weight excluding hydrogens is 290 g/mol. The summed E-state index contributed by atoms with van der Waals surface area (Å²) in [6.07, 6.45) is 5.89. The van der Waals surface area contributed by atoms with Crippen molar-refractivity contribution in [1.29, 1.82) is 0 Å². The van der Waals surface area contributed by atoms with Crippen LogP contribution in [0.4, 0.5) is 0 Å². The minimum atomic E-state index is -0.366. The molecule has 0 aromatic heterocycles. The van der Waals surface area contributed by atoms with Crippen molar-refractivity contribution in [3.8, 4) is 0 Å². The number of carbonyl (C=O) groups excluding carboxylic acids is 2. The van der Waals surface area contributed by atoms with Crippen LogP contribution in [0, 0.1) is 11.3 Å². The van der Waals surface area contributed by atoms with E-state index < -0.39 is 0 Å². The van der Waals surface area contributed by atoms with Crippen molar-refractivity contribution in [2.45, 2.75) is 46.5 Å². The van der Waals surface area contributed by atoms with Gasteiger partial charge >= 0.3 is 5.97 Å². The summed E-state index contributed by atoms with van der Waals surface area (Å²) in [5.41, 5.74) is 11.3. The predicted molar refractivity (Wildman–Crippen MR) is 88.6 cm³/mol. The fourth-order valence-electron chi connectivity index (χ4n) is 4.17. The number of Topliss-reactive ketones (excluding diaryl/α,β-unsaturated/α-hetero) is 1. The Morgan fingerprint density at radius 1 is 1.39 bits per heavy atom. The average Bonchev–Trinajstić information content (AvgIpc) is 3.27. The van der Waals surface area contributed by atoms with E-state index in [1.54, 1.807) is 0 Å². The molecule has 0 radical (unpaired) electrons. The van der Waals surface area contributed by atoms with Crippen molar-refractivity contribution in [1.82, 2.24) is 0 Å². The van der Waals surface area contributed by atoms with Crippen LogP contribution in [0.15, 0.2) is 33.9 Å². The van der Waals surface area contributed by atoms with Crippen LogP contribution in [0.25, 0.3) is 0 Å². The first-order valence-electron chi connectivity index (χ1n) is 8.46. The van der Waals surface area contributed by atoms with Crippen molar-refractivity contribution in [3.05, 3.63) is 33.9 Å². The molecule has 0 unspecified atom stereocenters. The van der Waals surface area contributed by atoms with Crippen LogP contribution in [-0.2, 0) is 14.3 Å². The predicted octanol–water partition coefficient (Wildman–Crippen LogP) is 2.84. The largest absolute Gasteiger partial charge is 0.465 e. The minimum absolute atomic E-state index is 0.0768. The first kappa shape index (κ1) is 16.2. The number of hydrogen-bond acceptors (Lipinski definition) is 4. The maximum absolute atomic E-state index is 12.7. The van der Waals surface area contributed by atoms with E-state index in [1.165, 1.54) is 22.3 Å². The molecular formula is C19H25NO3. The van der Waals surface area contributed by atoms with Crippen molar-refractivity contribution < 1.29 is 14.3 Å². The number of carbonyl (C=O) groups is 2. The Morgan fingerprint density at radius 3 is 2.70 bits per heavy atom. The third kappa shape index (κ3) is 2.49. The van der Waals surface area contributed by atoms with E-state index in [0.717, 1.165) is 31.3 Å². The van der Waals surface area contributed by atoms with Crippen molar-refractivity contribution in [2.75, 3.05) is 13.2 Å². The monoisotopic (exact) mass is 315 g/mol. The summed E-state index contributed by atoms with van der Waals surface area (Å²) < 4.78 is 5.05. The summed E-state index contributed by atoms with van der Waals surface area (Å²) in [6.45, 7) is 6.66. The van der Waals surface area contributed by atoms with E-state index in [2.05, 4.69) is 20.8 Å². The van der Waals surface area contributed by atoms with Gasteiger partial charge in [0.1, 0.15) is 0 Å². The Kier molecular flexibility index (Phi) is 4.05. The highest BCUT2D eigenvalue weighted by molar-refractivity contribution is 6.07. The standard InChI is InChI=1S/C19H25NO3/c1-11-9-15-17(14(11)5-4-8-23-16(21)10-20)12(2)19(6-7-19)13(3)18(15)22/h9,13H,4-8,10,20H2,1-3H3/t13-/m1/s1. The number of fused-ring (bicyclic) bond motifs is 1. The van der Waals surface area contributed by atoms with Crippen LogP contribution in [0.2, 0.25) is 0 Å². The molecule has 1 fully saturated rings. The number of nitrogens with two attached hydrogens (primary N) is 1. The zero-order chi connectivity index (χ0) is 16.8. The number of ether oxygens (including phenoxy) is 1. The lowest BCUT2D eigenvalue weighted by molar-refractivity contribution is -0.142. The van der Waals surface area contributed by atoms with Gasteiger partial charge in [0.05, 0.1) is 13.2 Å². The molecule has 1 spiro atoms. The second kappa shape index (κ2) is 5.75. The average molecular weight is 315 g/mol. The quantitative estimate of drug-likeness (QED) is 0.625. The second-order valence-corrected chi connectivity index (χ2v) is 6.99. The van der Waals surface area contributed by atoms with Gasteiger partial charge in [0.15, 0.2) is 5.78 Å². The molecule has 3 aliphatic carbocycles. The van der Waals surface area contributed by atoms with Crippen molar-refractivity contribution in [2.24, 2.45) is 17.1 Å². The minimum Gasteiger partial charge on any atom is -0.465 e. The molecule has 0 bridgehead atoms. The highest BCUT2D eigenvalue weighted by atomic mass is 16.5. The highest BCUT2D eigenvalue weighted by Gasteiger charge is 2.56. The highest BCUT2D eigenvalue weighted by Crippen LogP contribution is 2.63. The lowest BCUT2D eigenvalue weighted by Crippen LogP contribution is -2.31. The Labute approximate surface area is 137 Å². The van der Waals surface area contributed by atoms with Crippen LogP contribution in [0.5, 0.6) is 0 Å². The molecule has 0 aliphatic heterocycles. The lowest BCUT2D eigenvalue weighted by atomic mass is 9.70. The Bertz CT molecular complexity index is 662. The molecule has 124 valence electrons. The molecule has 3 aliphatic rings. The second-order valence-electron chi connectivity index (χ2n) is 6.99. The Morgan fingerprint density at radius 2 is 2.09 bits per heavy atom. The number of hydrogen-bond donors (Lipinski definition) is 1. The molecule has 4 heteroatoms. The van der Waals surface area contributed by atoms with Gasteiger partial charge in [-0.25, -0.2) is 0 Å². The summed E-state index contributed by atoms with van der Waals surface area (Å²) in [5, 5.41) is 0. The number of rotatable bonds is 5. The first-order valence-corrected chi connectivity index (χ1v) is 8.46. The molecule has 4 nitrogen and oxygen atoms in total. The van der Waals surface area contributed by atoms with Gasteiger partial charge in [0.25, 0.3) is 0 Å². The van der Waals surface area contributed by atoms with E-state index in [0.29, 0.717) is 12.4 Å². The topological polar surface area (TPSA) is 69.4 Å². The first-order chi connectivity index (χ1) is 10.9. The van der Waals surface area contributed by atoms with Gasteiger partial charge in [0, 0.05) is 16.9 Å². The van der Waals surface area contributed by atoms with Gasteiger partial charge in [-0.05, 0) is 62.3 Å². The molecule has 2 N–H and O–H groups in total. The van der Waals surface area contributed by atoms with Gasteiger partial charge in [-0.15, -0.1) is 0 Å². The van der Waals surface area contributed by atoms with E-state index >= 15 is 0 Å². The Hall–Kier alpha value is -1.68. The molecule has 1 atom stereocenters. The van der Waals surface area contributed by atoms with Crippen LogP contribution in [-0.4, -0.2) is 24.9 Å². The molecule has 0 aromatic carbocycles. The van der Waals surface area contributed by atoms with Gasteiger partial charge in [-0.2, -0.15) is 0 Å². The zero-order valence-electron chi connectivity index (χ0n) is 14.2. The van der Waals surface area contributed by atoms with Crippen LogP contribution < -0.4 is 5.73 Å². The molecule has 23 heavy (non-hydrogen) atoms. The van der Waals surface area contributed by atoms with Gasteiger partial charge < -0.3 is 10.5 Å². The van der Waals surface area contributed by atoms with Crippen LogP contribution in [0.1, 0.15) is 46.5 Å². The van der Waals surface area contributed by atoms with E-state index in [-0.39, 0.29) is 23.8 Å². The third-order valence-corrected chi connectivity index (χ3v) is 5.81. The number of ketones is 1. The fraction of sp³-hybridized carbons (Fsp3) is 0.579. The van der Waals surface area contributed by atoms with E-state index in [4.69, 9.17) is 10.5 Å². The van der Waals surface area contributed by atoms with Gasteiger partial charge in [0.2, 0.25) is 0 Å². The molecule has 3 rings (SSSR count). The maximum atomic E-state index is 12.7. The maximum Gasteiger partial charge on any atom is 0.319 e. The lowest BCUT2D eigenvalue weighted by Gasteiger charge is -2.32. The molecule has 0 heterocycles. The Balaban J connectivity index is 1.78. The third-order valence-electron chi connectivity index (χ3n) is 5.81. The zero-order valence-corrected chi connectivity index (χ0v) is 14.2. The van der Waals surface area contributed by atoms with Gasteiger partial charge in [-0.1, -0.05) is 12.5 Å². The summed E-state index contributed by atoms with van der Waals surface area (Å²) in [7, 11) is 0. The number of esters is 1. The molecule has 0 saturated heterocycles. The fourth-order valence-corrected chi connectivity index (χ4v) is 4.17. The van der Waals surface area contributed by atoms with Crippen LogP contribution in [0.3, 0.4) is 0 Å². The molecule has 1 saturated carbocycles. The summed E-state index contributed by atoms with van der Waals surface area (Å²) >= 11 is 0. The summed E-state index contributed by atoms with van der Waals surface area (Å²) in [4.78, 5) is 23.8. The summed E-state index contributed by atoms with van der Waals surface area (Å²) in [6, 6.07) is 0. The molecule has 0 amide bonds. The van der Waals surface area contributed by atoms with Gasteiger partial charge in [-0.3, -0.25) is 9.59 Å². The van der Waals surface area contributed by atoms with Crippen LogP contribution >= 0.6 is 0 Å². The number of allylic oxidation sites excluding steroid dienone is 6. The normalized spacial score (nSPS) is 25.0. The van der Waals surface area contributed by atoms with E-state index in [1.807, 2.05) is 6.08 Å². The van der Waals surface area contributed by atoms with Crippen molar-refractivity contribution in [3.63, 3.8) is 0 Å². The molecule has 0 aromatic rings.